The number of alkyl halides is 6. The third kappa shape index (κ3) is 2.89. The van der Waals surface area contributed by atoms with Crippen LogP contribution in [0, 0.1) is 5.41 Å². The third-order valence-corrected chi connectivity index (χ3v) is 6.72. The summed E-state index contributed by atoms with van der Waals surface area (Å²) in [5.74, 6) is -2.85. The molecule has 0 aromatic heterocycles. The van der Waals surface area contributed by atoms with E-state index in [4.69, 9.17) is 0 Å². The molecule has 1 aromatic carbocycles. The lowest BCUT2D eigenvalue weighted by Crippen LogP contribution is -2.34. The zero-order chi connectivity index (χ0) is 18.6. The van der Waals surface area contributed by atoms with Crippen molar-refractivity contribution in [1.82, 2.24) is 0 Å². The Morgan fingerprint density at radius 2 is 1.54 bits per heavy atom. The highest BCUT2D eigenvalue weighted by molar-refractivity contribution is 8.34. The molecule has 2 nitrogen and oxygen atoms in total. The van der Waals surface area contributed by atoms with Crippen LogP contribution < -0.4 is 0 Å². The van der Waals surface area contributed by atoms with Gasteiger partial charge in [0.25, 0.3) is 0 Å². The molecule has 1 unspecified atom stereocenters. The van der Waals surface area contributed by atoms with Gasteiger partial charge >= 0.3 is 17.7 Å². The number of hydrogen-bond donors (Lipinski definition) is 0. The van der Waals surface area contributed by atoms with E-state index in [2.05, 4.69) is 4.18 Å². The lowest BCUT2D eigenvalue weighted by molar-refractivity contribution is -0.190. The molecule has 1 aliphatic rings. The van der Waals surface area contributed by atoms with Crippen LogP contribution in [-0.2, 0) is 8.98 Å². The van der Waals surface area contributed by atoms with Crippen molar-refractivity contribution in [1.29, 1.82) is 0 Å². The monoisotopic (exact) mass is 372 g/mol. The average molecular weight is 372 g/mol. The summed E-state index contributed by atoms with van der Waals surface area (Å²) in [6, 6.07) is 5.14. The summed E-state index contributed by atoms with van der Waals surface area (Å²) in [6.45, 7) is 4.29. The first-order chi connectivity index (χ1) is 10.7. The van der Waals surface area contributed by atoms with Crippen molar-refractivity contribution in [2.24, 2.45) is 5.41 Å². The van der Waals surface area contributed by atoms with Gasteiger partial charge in [0.2, 0.25) is 0 Å². The highest BCUT2D eigenvalue weighted by atomic mass is 32.3. The van der Waals surface area contributed by atoms with Crippen molar-refractivity contribution in [3.8, 4) is 0 Å². The Morgan fingerprint density at radius 3 is 2.00 bits per heavy atom. The van der Waals surface area contributed by atoms with Gasteiger partial charge in [0.15, 0.2) is 0 Å². The van der Waals surface area contributed by atoms with Gasteiger partial charge in [-0.15, -0.1) is 0 Å². The molecule has 0 amide bonds. The molecule has 0 spiro atoms. The molecule has 24 heavy (non-hydrogen) atoms. The van der Waals surface area contributed by atoms with Crippen LogP contribution in [0.3, 0.4) is 0 Å². The molecule has 0 N–H and O–H groups in total. The van der Waals surface area contributed by atoms with Gasteiger partial charge in [0, 0.05) is 9.80 Å². The number of benzene rings is 1. The van der Waals surface area contributed by atoms with E-state index in [1.165, 1.54) is 45.0 Å². The SMILES string of the molecule is CC(C)(C)C1=Cc2ccccc2S1(OC(=O)C(F)(F)F)C(F)(F)F. The Hall–Kier alpha value is -1.64. The fourth-order valence-corrected chi connectivity index (χ4v) is 5.61. The first kappa shape index (κ1) is 18.7. The van der Waals surface area contributed by atoms with Gasteiger partial charge in [-0.3, -0.25) is 0 Å². The molecular weight excluding hydrogens is 358 g/mol. The van der Waals surface area contributed by atoms with Gasteiger partial charge in [-0.1, -0.05) is 39.0 Å². The molecule has 1 aliphatic heterocycles. The number of hydrogen-bond acceptors (Lipinski definition) is 2. The fourth-order valence-electron chi connectivity index (χ4n) is 2.40. The van der Waals surface area contributed by atoms with E-state index in [-0.39, 0.29) is 10.5 Å². The molecule has 0 bridgehead atoms. The summed E-state index contributed by atoms with van der Waals surface area (Å²) in [5.41, 5.74) is -6.24. The van der Waals surface area contributed by atoms with Crippen LogP contribution in [0.15, 0.2) is 34.1 Å². The Kier molecular flexibility index (Phi) is 4.23. The first-order valence-electron chi connectivity index (χ1n) is 6.73. The maximum Gasteiger partial charge on any atom is 0.491 e. The Morgan fingerprint density at radius 1 is 1.00 bits per heavy atom. The highest BCUT2D eigenvalue weighted by Crippen LogP contribution is 2.79. The molecule has 0 saturated carbocycles. The summed E-state index contributed by atoms with van der Waals surface area (Å²) in [6.07, 6.45) is -4.35. The number of fused-ring (bicyclic) bond motifs is 1. The molecule has 2 rings (SSSR count). The molecule has 0 radical (unpaired) electrons. The normalized spacial score (nSPS) is 24.0. The number of rotatable bonds is 1. The second-order valence-corrected chi connectivity index (χ2v) is 8.79. The lowest BCUT2D eigenvalue weighted by Gasteiger charge is -2.43. The van der Waals surface area contributed by atoms with Crippen LogP contribution in [0.5, 0.6) is 0 Å². The molecule has 9 heteroatoms. The van der Waals surface area contributed by atoms with E-state index >= 15 is 0 Å². The molecule has 0 saturated heterocycles. The summed E-state index contributed by atoms with van der Waals surface area (Å²) in [7, 11) is -4.63. The third-order valence-electron chi connectivity index (χ3n) is 3.32. The van der Waals surface area contributed by atoms with E-state index in [1.807, 2.05) is 0 Å². The zero-order valence-corrected chi connectivity index (χ0v) is 13.7. The summed E-state index contributed by atoms with van der Waals surface area (Å²) in [4.78, 5) is 10.5. The minimum absolute atomic E-state index is 0.102. The standard InChI is InChI=1S/C15H14F6O2S/c1-13(2,3)11-8-9-6-4-5-7-10(9)24(11,15(19,20)21)23-12(22)14(16,17)18/h4-8H,1-3H3. The van der Waals surface area contributed by atoms with Crippen LogP contribution in [0.4, 0.5) is 26.3 Å². The van der Waals surface area contributed by atoms with E-state index < -0.39 is 38.3 Å². The van der Waals surface area contributed by atoms with Crippen molar-refractivity contribution < 1.29 is 35.3 Å². The summed E-state index contributed by atoms with van der Waals surface area (Å²) < 4.78 is 84.0. The van der Waals surface area contributed by atoms with Gasteiger partial charge in [0.05, 0.1) is 10.3 Å². The quantitative estimate of drug-likeness (QED) is 0.583. The molecule has 0 fully saturated rings. The van der Waals surface area contributed by atoms with Gasteiger partial charge in [-0.2, -0.15) is 26.3 Å². The molecule has 134 valence electrons. The maximum absolute atomic E-state index is 14.0. The van der Waals surface area contributed by atoms with Crippen molar-refractivity contribution in [2.75, 3.05) is 0 Å². The lowest BCUT2D eigenvalue weighted by atomic mass is 9.95. The van der Waals surface area contributed by atoms with Crippen molar-refractivity contribution in [3.05, 3.63) is 34.7 Å². The second-order valence-electron chi connectivity index (χ2n) is 6.17. The molecule has 1 aromatic rings. The second kappa shape index (κ2) is 5.44. The maximum atomic E-state index is 14.0. The van der Waals surface area contributed by atoms with Crippen molar-refractivity contribution >= 4 is 22.4 Å². The molecule has 0 aliphatic carbocycles. The minimum atomic E-state index is -5.52. The van der Waals surface area contributed by atoms with E-state index in [0.29, 0.717) is 0 Å². The van der Waals surface area contributed by atoms with Crippen molar-refractivity contribution in [2.45, 2.75) is 37.4 Å². The van der Waals surface area contributed by atoms with E-state index in [9.17, 15) is 31.1 Å². The van der Waals surface area contributed by atoms with Crippen LogP contribution in [-0.4, -0.2) is 17.7 Å². The minimum Gasteiger partial charge on any atom is -0.392 e. The Labute approximate surface area is 136 Å². The van der Waals surface area contributed by atoms with Crippen LogP contribution in [0.25, 0.3) is 6.08 Å². The van der Waals surface area contributed by atoms with Crippen LogP contribution in [0.1, 0.15) is 26.3 Å². The summed E-state index contributed by atoms with van der Waals surface area (Å²) in [5, 5.41) is 0. The zero-order valence-electron chi connectivity index (χ0n) is 12.9. The topological polar surface area (TPSA) is 26.3 Å². The predicted octanol–water partition coefficient (Wildman–Crippen LogP) is 5.79. The number of halogens is 6. The average Bonchev–Trinajstić information content (AvgIpc) is 2.73. The van der Waals surface area contributed by atoms with Gasteiger partial charge in [0.1, 0.15) is 0 Å². The molecule has 1 heterocycles. The van der Waals surface area contributed by atoms with Crippen LogP contribution >= 0.6 is 10.3 Å². The van der Waals surface area contributed by atoms with Crippen molar-refractivity contribution in [3.63, 3.8) is 0 Å². The summed E-state index contributed by atoms with van der Waals surface area (Å²) >= 11 is 0. The van der Waals surface area contributed by atoms with E-state index in [0.717, 1.165) is 6.07 Å². The largest absolute Gasteiger partial charge is 0.491 e. The Bertz CT molecular complexity index is 699. The van der Waals surface area contributed by atoms with Gasteiger partial charge in [-0.25, -0.2) is 4.79 Å². The van der Waals surface area contributed by atoms with Gasteiger partial charge in [-0.05, 0) is 23.1 Å². The number of carbonyl (C=O) groups is 1. The highest BCUT2D eigenvalue weighted by Gasteiger charge is 2.64. The smallest absolute Gasteiger partial charge is 0.392 e. The molecular formula is C15H14F6O2S. The Balaban J connectivity index is 2.76. The predicted molar refractivity (Wildman–Crippen MR) is 77.9 cm³/mol. The molecule has 1 atom stereocenters. The number of allylic oxidation sites excluding steroid dienone is 1. The number of carbonyl (C=O) groups excluding carboxylic acids is 1. The van der Waals surface area contributed by atoms with Crippen LogP contribution in [0.2, 0.25) is 0 Å². The first-order valence-corrected chi connectivity index (χ1v) is 8.28. The fraction of sp³-hybridized carbons (Fsp3) is 0.400. The van der Waals surface area contributed by atoms with E-state index in [1.54, 1.807) is 0 Å². The van der Waals surface area contributed by atoms with Gasteiger partial charge < -0.3 is 4.18 Å².